The van der Waals surface area contributed by atoms with Crippen molar-refractivity contribution in [2.75, 3.05) is 17.1 Å². The van der Waals surface area contributed by atoms with Crippen LogP contribution in [0.5, 0.6) is 0 Å². The zero-order valence-electron chi connectivity index (χ0n) is 17.5. The van der Waals surface area contributed by atoms with E-state index in [2.05, 4.69) is 10.4 Å². The van der Waals surface area contributed by atoms with E-state index in [1.165, 1.54) is 12.1 Å². The maximum Gasteiger partial charge on any atom is 0.417 e. The monoisotopic (exact) mass is 476 g/mol. The highest BCUT2D eigenvalue weighted by Gasteiger charge is 2.39. The molecular formula is C23H20ClF3N4O2. The van der Waals surface area contributed by atoms with Gasteiger partial charge in [-0.1, -0.05) is 60.1 Å². The fourth-order valence-electron chi connectivity index (χ4n) is 3.59. The molecule has 1 aromatic heterocycles. The Morgan fingerprint density at radius 1 is 1.15 bits per heavy atom. The smallest absolute Gasteiger partial charge is 0.270 e. The summed E-state index contributed by atoms with van der Waals surface area (Å²) in [5.41, 5.74) is 3.40. The Bertz CT molecular complexity index is 1070. The summed E-state index contributed by atoms with van der Waals surface area (Å²) >= 11 is 5.98. The SMILES string of the molecule is CN(NC(=O)[C@@H]1C[C@@H](c2ccccc2)N(c2ccccc2)O1)c1ncc(C(F)(F)F)cc1Cl. The summed E-state index contributed by atoms with van der Waals surface area (Å²) in [6.45, 7) is 0. The minimum Gasteiger partial charge on any atom is -0.270 e. The lowest BCUT2D eigenvalue weighted by Gasteiger charge is -2.25. The third-order valence-electron chi connectivity index (χ3n) is 5.19. The van der Waals surface area contributed by atoms with Crippen LogP contribution < -0.4 is 15.5 Å². The van der Waals surface area contributed by atoms with Gasteiger partial charge < -0.3 is 0 Å². The van der Waals surface area contributed by atoms with Crippen molar-refractivity contribution in [1.82, 2.24) is 10.4 Å². The van der Waals surface area contributed by atoms with Crippen molar-refractivity contribution in [3.8, 4) is 0 Å². The predicted octanol–water partition coefficient (Wildman–Crippen LogP) is 5.17. The van der Waals surface area contributed by atoms with Crippen LogP contribution in [-0.2, 0) is 15.8 Å². The number of aromatic nitrogens is 1. The number of pyridine rings is 1. The molecule has 33 heavy (non-hydrogen) atoms. The van der Waals surface area contributed by atoms with Crippen LogP contribution >= 0.6 is 11.6 Å². The molecule has 1 amide bonds. The molecule has 2 heterocycles. The molecular weight excluding hydrogens is 457 g/mol. The standard InChI is InChI=1S/C23H20ClF3N4O2/c1-30(21-18(24)12-16(14-28-21)23(25,26)27)29-22(32)20-13-19(15-8-4-2-5-9-15)31(33-20)17-10-6-3-7-11-17/h2-12,14,19-20H,13H2,1H3,(H,29,32)/t19-,20-/m0/s1. The van der Waals surface area contributed by atoms with Crippen molar-refractivity contribution in [1.29, 1.82) is 0 Å². The van der Waals surface area contributed by atoms with Gasteiger partial charge in [-0.05, 0) is 23.8 Å². The molecule has 1 fully saturated rings. The third kappa shape index (κ3) is 5.04. The number of hydroxylamine groups is 1. The van der Waals surface area contributed by atoms with E-state index in [-0.39, 0.29) is 16.9 Å². The van der Waals surface area contributed by atoms with E-state index >= 15 is 0 Å². The second-order valence-electron chi connectivity index (χ2n) is 7.48. The van der Waals surface area contributed by atoms with Crippen LogP contribution in [0.4, 0.5) is 24.7 Å². The Balaban J connectivity index is 1.51. The number of rotatable bonds is 5. The molecule has 1 saturated heterocycles. The summed E-state index contributed by atoms with van der Waals surface area (Å²) < 4.78 is 38.6. The maximum atomic E-state index is 13.0. The highest BCUT2D eigenvalue weighted by molar-refractivity contribution is 6.33. The molecule has 0 radical (unpaired) electrons. The average Bonchev–Trinajstić information content (AvgIpc) is 3.25. The first kappa shape index (κ1) is 22.9. The van der Waals surface area contributed by atoms with E-state index in [0.29, 0.717) is 12.6 Å². The molecule has 0 bridgehead atoms. The quantitative estimate of drug-likeness (QED) is 0.515. The minimum atomic E-state index is -4.57. The van der Waals surface area contributed by atoms with Crippen LogP contribution in [0.25, 0.3) is 0 Å². The molecule has 1 aliphatic rings. The Morgan fingerprint density at radius 3 is 2.39 bits per heavy atom. The second kappa shape index (κ2) is 9.29. The first-order valence-electron chi connectivity index (χ1n) is 10.1. The van der Waals surface area contributed by atoms with Crippen LogP contribution in [0, 0.1) is 0 Å². The topological polar surface area (TPSA) is 57.7 Å². The molecule has 172 valence electrons. The van der Waals surface area contributed by atoms with Gasteiger partial charge in [0.25, 0.3) is 5.91 Å². The number of carbonyl (C=O) groups is 1. The van der Waals surface area contributed by atoms with Gasteiger partial charge in [0.05, 0.1) is 22.3 Å². The van der Waals surface area contributed by atoms with Gasteiger partial charge in [-0.3, -0.25) is 20.1 Å². The van der Waals surface area contributed by atoms with Crippen molar-refractivity contribution >= 4 is 29.0 Å². The minimum absolute atomic E-state index is 0.0180. The van der Waals surface area contributed by atoms with Crippen LogP contribution in [0.2, 0.25) is 5.02 Å². The maximum absolute atomic E-state index is 13.0. The van der Waals surface area contributed by atoms with Gasteiger partial charge in [-0.25, -0.2) is 10.0 Å². The van der Waals surface area contributed by atoms with Crippen LogP contribution in [0.15, 0.2) is 72.9 Å². The van der Waals surface area contributed by atoms with E-state index in [1.54, 1.807) is 5.06 Å². The van der Waals surface area contributed by atoms with Gasteiger partial charge in [-0.2, -0.15) is 13.2 Å². The molecule has 0 spiro atoms. The van der Waals surface area contributed by atoms with Gasteiger partial charge in [0.1, 0.15) is 0 Å². The molecule has 6 nitrogen and oxygen atoms in total. The summed E-state index contributed by atoms with van der Waals surface area (Å²) in [7, 11) is 1.44. The zero-order chi connectivity index (χ0) is 23.6. The van der Waals surface area contributed by atoms with E-state index in [1.807, 2.05) is 60.7 Å². The van der Waals surface area contributed by atoms with Gasteiger partial charge in [0.2, 0.25) is 0 Å². The lowest BCUT2D eigenvalue weighted by atomic mass is 10.0. The van der Waals surface area contributed by atoms with Crippen molar-refractivity contribution < 1.29 is 22.8 Å². The van der Waals surface area contributed by atoms with E-state index in [0.717, 1.165) is 17.3 Å². The van der Waals surface area contributed by atoms with Crippen molar-refractivity contribution in [2.24, 2.45) is 0 Å². The Kier molecular flexibility index (Phi) is 6.44. The van der Waals surface area contributed by atoms with E-state index < -0.39 is 23.8 Å². The number of para-hydroxylation sites is 1. The largest absolute Gasteiger partial charge is 0.417 e. The van der Waals surface area contributed by atoms with Gasteiger partial charge in [0, 0.05) is 19.7 Å². The molecule has 0 unspecified atom stereocenters. The van der Waals surface area contributed by atoms with E-state index in [9.17, 15) is 18.0 Å². The molecule has 2 atom stereocenters. The molecule has 0 aliphatic carbocycles. The van der Waals surface area contributed by atoms with Crippen LogP contribution in [0.3, 0.4) is 0 Å². The lowest BCUT2D eigenvalue weighted by molar-refractivity contribution is -0.137. The highest BCUT2D eigenvalue weighted by Crippen LogP contribution is 2.38. The van der Waals surface area contributed by atoms with Gasteiger partial charge in [-0.15, -0.1) is 0 Å². The third-order valence-corrected chi connectivity index (χ3v) is 5.47. The highest BCUT2D eigenvalue weighted by atomic mass is 35.5. The van der Waals surface area contributed by atoms with Gasteiger partial charge in [0.15, 0.2) is 11.9 Å². The van der Waals surface area contributed by atoms with Crippen molar-refractivity contribution in [3.05, 3.63) is 89.1 Å². The second-order valence-corrected chi connectivity index (χ2v) is 7.89. The molecule has 10 heteroatoms. The number of alkyl halides is 3. The summed E-state index contributed by atoms with van der Waals surface area (Å²) in [6, 6.07) is 19.6. The Labute approximate surface area is 193 Å². The number of nitrogens with zero attached hydrogens (tertiary/aromatic N) is 3. The molecule has 2 aromatic carbocycles. The molecule has 1 aliphatic heterocycles. The number of hydrazine groups is 1. The normalized spacial score (nSPS) is 18.3. The number of anilines is 2. The lowest BCUT2D eigenvalue weighted by Crippen LogP contribution is -2.45. The fourth-order valence-corrected chi connectivity index (χ4v) is 3.89. The molecule has 1 N–H and O–H groups in total. The average molecular weight is 477 g/mol. The predicted molar refractivity (Wildman–Crippen MR) is 118 cm³/mol. The van der Waals surface area contributed by atoms with Crippen molar-refractivity contribution in [3.63, 3.8) is 0 Å². The van der Waals surface area contributed by atoms with Crippen LogP contribution in [-0.4, -0.2) is 24.0 Å². The number of benzene rings is 2. The summed E-state index contributed by atoms with van der Waals surface area (Å²) in [5, 5.41) is 2.63. The first-order valence-corrected chi connectivity index (χ1v) is 10.4. The Morgan fingerprint density at radius 2 is 1.79 bits per heavy atom. The summed E-state index contributed by atoms with van der Waals surface area (Å²) in [6.07, 6.45) is -4.38. The number of halogens is 4. The zero-order valence-corrected chi connectivity index (χ0v) is 18.2. The fraction of sp³-hybridized carbons (Fsp3) is 0.217. The Hall–Kier alpha value is -3.30. The first-order chi connectivity index (χ1) is 15.7. The molecule has 0 saturated carbocycles. The van der Waals surface area contributed by atoms with Gasteiger partial charge >= 0.3 is 6.18 Å². The summed E-state index contributed by atoms with van der Waals surface area (Å²) in [4.78, 5) is 22.7. The number of nitrogens with one attached hydrogen (secondary N) is 1. The van der Waals surface area contributed by atoms with Crippen molar-refractivity contribution in [2.45, 2.75) is 24.7 Å². The number of amides is 1. The molecule has 3 aromatic rings. The number of carbonyl (C=O) groups excluding carboxylic acids is 1. The summed E-state index contributed by atoms with van der Waals surface area (Å²) in [5.74, 6) is -0.495. The van der Waals surface area contributed by atoms with Crippen LogP contribution in [0.1, 0.15) is 23.6 Å². The molecule has 4 rings (SSSR count). The number of hydrogen-bond acceptors (Lipinski definition) is 5. The van der Waals surface area contributed by atoms with E-state index in [4.69, 9.17) is 16.4 Å². The number of hydrogen-bond donors (Lipinski definition) is 1.